The number of carbonyl (C=O) groups excluding carboxylic acids is 2. The van der Waals surface area contributed by atoms with Crippen molar-refractivity contribution >= 4 is 49.2 Å². The van der Waals surface area contributed by atoms with Crippen LogP contribution < -0.4 is 4.90 Å². The molecule has 1 unspecified atom stereocenters. The molecule has 0 aromatic heterocycles. The van der Waals surface area contributed by atoms with Crippen LogP contribution in [-0.2, 0) is 10.4 Å². The first kappa shape index (κ1) is 17.3. The summed E-state index contributed by atoms with van der Waals surface area (Å²) in [5.74, 6) is -0.738. The van der Waals surface area contributed by atoms with Crippen molar-refractivity contribution in [3.8, 4) is 0 Å². The molecule has 4 nitrogen and oxygen atoms in total. The summed E-state index contributed by atoms with van der Waals surface area (Å²) in [5, 5.41) is 11.1. The number of benzene rings is 2. The van der Waals surface area contributed by atoms with E-state index in [2.05, 4.69) is 31.9 Å². The van der Waals surface area contributed by atoms with E-state index in [-0.39, 0.29) is 12.2 Å². The molecule has 1 heterocycles. The van der Waals surface area contributed by atoms with E-state index in [1.54, 1.807) is 30.3 Å². The Labute approximate surface area is 156 Å². The molecular formula is C18H15Br2NO3. The third kappa shape index (κ3) is 2.83. The van der Waals surface area contributed by atoms with Gasteiger partial charge in [0.15, 0.2) is 11.4 Å². The molecule has 3 rings (SSSR count). The summed E-state index contributed by atoms with van der Waals surface area (Å²) in [6.07, 6.45) is -0.289. The Hall–Kier alpha value is -1.50. The van der Waals surface area contributed by atoms with E-state index in [1.165, 1.54) is 4.90 Å². The highest BCUT2D eigenvalue weighted by atomic mass is 79.9. The largest absolute Gasteiger partial charge is 0.375 e. The third-order valence-corrected chi connectivity index (χ3v) is 5.16. The van der Waals surface area contributed by atoms with Crippen LogP contribution in [0.1, 0.15) is 29.3 Å². The number of rotatable bonds is 4. The second kappa shape index (κ2) is 6.43. The summed E-state index contributed by atoms with van der Waals surface area (Å²) < 4.78 is 1.52. The lowest BCUT2D eigenvalue weighted by molar-refractivity contribution is -0.135. The van der Waals surface area contributed by atoms with Crippen molar-refractivity contribution < 1.29 is 14.7 Å². The lowest BCUT2D eigenvalue weighted by Gasteiger charge is -2.22. The topological polar surface area (TPSA) is 57.6 Å². The van der Waals surface area contributed by atoms with E-state index < -0.39 is 11.5 Å². The van der Waals surface area contributed by atoms with Gasteiger partial charge in [0.05, 0.1) is 12.1 Å². The zero-order chi connectivity index (χ0) is 17.5. The number of halogens is 2. The molecule has 0 spiro atoms. The fourth-order valence-corrected chi connectivity index (χ4v) is 3.76. The average Bonchev–Trinajstić information content (AvgIpc) is 2.75. The molecule has 0 saturated heterocycles. The molecule has 1 aliphatic heterocycles. The van der Waals surface area contributed by atoms with Gasteiger partial charge in [0, 0.05) is 26.6 Å². The van der Waals surface area contributed by atoms with Crippen molar-refractivity contribution in [2.24, 2.45) is 0 Å². The fraction of sp³-hybridized carbons (Fsp3) is 0.222. The number of Topliss-reactive ketones (excluding diaryl/α,β-unsaturated/α-hetero) is 1. The summed E-state index contributed by atoms with van der Waals surface area (Å²) in [6.45, 7) is 2.27. The van der Waals surface area contributed by atoms with Crippen molar-refractivity contribution in [1.82, 2.24) is 0 Å². The van der Waals surface area contributed by atoms with Crippen molar-refractivity contribution in [3.05, 3.63) is 62.5 Å². The third-order valence-electron chi connectivity index (χ3n) is 4.17. The Kier molecular flexibility index (Phi) is 4.64. The smallest absolute Gasteiger partial charge is 0.264 e. The first-order valence-electron chi connectivity index (χ1n) is 7.50. The van der Waals surface area contributed by atoms with Gasteiger partial charge < -0.3 is 10.0 Å². The number of likely N-dealkylation sites (N-methyl/N-ethyl adjacent to an activating group) is 1. The highest BCUT2D eigenvalue weighted by molar-refractivity contribution is 9.10. The van der Waals surface area contributed by atoms with Gasteiger partial charge in [0.1, 0.15) is 0 Å². The quantitative estimate of drug-likeness (QED) is 0.712. The predicted molar refractivity (Wildman–Crippen MR) is 99.2 cm³/mol. The number of hydrogen-bond donors (Lipinski definition) is 1. The first-order chi connectivity index (χ1) is 11.4. The minimum absolute atomic E-state index is 0.281. The Bertz CT molecular complexity index is 837. The van der Waals surface area contributed by atoms with Crippen molar-refractivity contribution in [1.29, 1.82) is 0 Å². The lowest BCUT2D eigenvalue weighted by Crippen LogP contribution is -2.41. The molecule has 124 valence electrons. The van der Waals surface area contributed by atoms with Crippen LogP contribution in [0.2, 0.25) is 0 Å². The Balaban J connectivity index is 2.02. The number of carbonyl (C=O) groups is 2. The molecule has 1 atom stereocenters. The summed E-state index contributed by atoms with van der Waals surface area (Å²) in [7, 11) is 0. The number of amides is 1. The number of aliphatic hydroxyl groups is 1. The maximum Gasteiger partial charge on any atom is 0.264 e. The first-order valence-corrected chi connectivity index (χ1v) is 9.08. The monoisotopic (exact) mass is 451 g/mol. The standard InChI is InChI=1S/C18H15Br2NO3/c1-2-21-15-7-6-13(20)9-14(15)18(24,17(21)23)10-16(22)11-4-3-5-12(19)8-11/h3-9,24H,2,10H2,1H3. The zero-order valence-electron chi connectivity index (χ0n) is 12.9. The van der Waals surface area contributed by atoms with E-state index in [9.17, 15) is 14.7 Å². The molecule has 0 bridgehead atoms. The molecule has 2 aromatic rings. The van der Waals surface area contributed by atoms with Crippen molar-refractivity contribution in [2.75, 3.05) is 11.4 Å². The molecule has 6 heteroatoms. The van der Waals surface area contributed by atoms with Gasteiger partial charge >= 0.3 is 0 Å². The van der Waals surface area contributed by atoms with E-state index in [1.807, 2.05) is 19.1 Å². The van der Waals surface area contributed by atoms with Crippen LogP contribution in [0, 0.1) is 0 Å². The summed E-state index contributed by atoms with van der Waals surface area (Å²) in [5.41, 5.74) is -0.270. The molecule has 1 amide bonds. The number of anilines is 1. The Morgan fingerprint density at radius 1 is 1.17 bits per heavy atom. The zero-order valence-corrected chi connectivity index (χ0v) is 16.1. The van der Waals surface area contributed by atoms with Gasteiger partial charge in [0.25, 0.3) is 5.91 Å². The van der Waals surface area contributed by atoms with Gasteiger partial charge in [-0.25, -0.2) is 0 Å². The molecule has 0 radical (unpaired) electrons. The lowest BCUT2D eigenvalue weighted by atomic mass is 9.88. The second-order valence-electron chi connectivity index (χ2n) is 5.68. The van der Waals surface area contributed by atoms with Crippen LogP contribution in [0.3, 0.4) is 0 Å². The van der Waals surface area contributed by atoms with Crippen LogP contribution in [0.5, 0.6) is 0 Å². The molecule has 1 aliphatic rings. The minimum Gasteiger partial charge on any atom is -0.375 e. The van der Waals surface area contributed by atoms with Crippen molar-refractivity contribution in [3.63, 3.8) is 0 Å². The van der Waals surface area contributed by atoms with E-state index in [0.29, 0.717) is 23.4 Å². The average molecular weight is 453 g/mol. The van der Waals surface area contributed by atoms with Crippen molar-refractivity contribution in [2.45, 2.75) is 18.9 Å². The summed E-state index contributed by atoms with van der Waals surface area (Å²) in [4.78, 5) is 26.9. The van der Waals surface area contributed by atoms with Gasteiger partial charge in [-0.3, -0.25) is 9.59 Å². The molecule has 2 aromatic carbocycles. The summed E-state index contributed by atoms with van der Waals surface area (Å²) in [6, 6.07) is 12.2. The molecule has 0 saturated carbocycles. The van der Waals surface area contributed by atoms with Gasteiger partial charge in [-0.15, -0.1) is 0 Å². The highest BCUT2D eigenvalue weighted by Crippen LogP contribution is 2.44. The number of hydrogen-bond acceptors (Lipinski definition) is 3. The van der Waals surface area contributed by atoms with E-state index >= 15 is 0 Å². The van der Waals surface area contributed by atoms with Crippen LogP contribution in [0.4, 0.5) is 5.69 Å². The van der Waals surface area contributed by atoms with Crippen LogP contribution in [-0.4, -0.2) is 23.3 Å². The number of ketones is 1. The molecule has 24 heavy (non-hydrogen) atoms. The van der Waals surface area contributed by atoms with E-state index in [4.69, 9.17) is 0 Å². The van der Waals surface area contributed by atoms with Gasteiger partial charge in [0.2, 0.25) is 0 Å². The Morgan fingerprint density at radius 2 is 1.88 bits per heavy atom. The normalized spacial score (nSPS) is 19.5. The molecular weight excluding hydrogens is 438 g/mol. The predicted octanol–water partition coefficient (Wildman–Crippen LogP) is 4.04. The maximum atomic E-state index is 12.8. The molecule has 1 N–H and O–H groups in total. The van der Waals surface area contributed by atoms with Gasteiger partial charge in [-0.1, -0.05) is 44.0 Å². The highest BCUT2D eigenvalue weighted by Gasteiger charge is 2.50. The maximum absolute atomic E-state index is 12.8. The SMILES string of the molecule is CCN1C(=O)C(O)(CC(=O)c2cccc(Br)c2)c2cc(Br)ccc21. The van der Waals surface area contributed by atoms with Crippen LogP contribution in [0.15, 0.2) is 51.4 Å². The molecule has 0 aliphatic carbocycles. The summed E-state index contributed by atoms with van der Waals surface area (Å²) >= 11 is 6.70. The fourth-order valence-electron chi connectivity index (χ4n) is 3.00. The number of nitrogens with zero attached hydrogens (tertiary/aromatic N) is 1. The van der Waals surface area contributed by atoms with Crippen LogP contribution in [0.25, 0.3) is 0 Å². The van der Waals surface area contributed by atoms with E-state index in [0.717, 1.165) is 8.95 Å². The Morgan fingerprint density at radius 3 is 2.54 bits per heavy atom. The van der Waals surface area contributed by atoms with Gasteiger partial charge in [-0.2, -0.15) is 0 Å². The second-order valence-corrected chi connectivity index (χ2v) is 7.51. The van der Waals surface area contributed by atoms with Gasteiger partial charge in [-0.05, 0) is 37.3 Å². The number of fused-ring (bicyclic) bond motifs is 1. The minimum atomic E-state index is -1.84. The molecule has 0 fully saturated rings. The van der Waals surface area contributed by atoms with Crippen LogP contribution >= 0.6 is 31.9 Å².